The van der Waals surface area contributed by atoms with Crippen LogP contribution in [0.3, 0.4) is 0 Å². The molecule has 6 nitrogen and oxygen atoms in total. The van der Waals surface area contributed by atoms with E-state index in [0.29, 0.717) is 22.3 Å². The first-order chi connectivity index (χ1) is 8.49. The van der Waals surface area contributed by atoms with Gasteiger partial charge >= 0.3 is 11.1 Å². The van der Waals surface area contributed by atoms with Crippen molar-refractivity contribution in [1.82, 2.24) is 14.6 Å². The lowest BCUT2D eigenvalue weighted by molar-refractivity contribution is 0.186. The summed E-state index contributed by atoms with van der Waals surface area (Å²) in [4.78, 5) is 27.5. The van der Waals surface area contributed by atoms with E-state index in [1.54, 1.807) is 6.07 Å². The second kappa shape index (κ2) is 3.69. The molecule has 0 saturated heterocycles. The van der Waals surface area contributed by atoms with Crippen molar-refractivity contribution in [3.8, 4) is 0 Å². The Balaban J connectivity index is 2.52. The van der Waals surface area contributed by atoms with Gasteiger partial charge in [0.1, 0.15) is 5.52 Å². The molecule has 0 bridgehead atoms. The molecule has 2 heterocycles. The molecule has 1 aliphatic rings. The van der Waals surface area contributed by atoms with Crippen LogP contribution in [0.4, 0.5) is 0 Å². The number of nitrogens with zero attached hydrogens (tertiary/aromatic N) is 2. The van der Waals surface area contributed by atoms with Gasteiger partial charge < -0.3 is 10.2 Å². The lowest BCUT2D eigenvalue weighted by Gasteiger charge is -2.08. The van der Waals surface area contributed by atoms with Gasteiger partial charge in [0.15, 0.2) is 0 Å². The van der Waals surface area contributed by atoms with Crippen molar-refractivity contribution in [2.24, 2.45) is 0 Å². The molecule has 7 heteroatoms. The van der Waals surface area contributed by atoms with E-state index in [9.17, 15) is 14.8 Å². The van der Waals surface area contributed by atoms with Gasteiger partial charge in [-0.15, -0.1) is 4.73 Å². The van der Waals surface area contributed by atoms with Crippen LogP contribution >= 0.6 is 15.9 Å². The maximum absolute atomic E-state index is 11.4. The van der Waals surface area contributed by atoms with Crippen LogP contribution in [0, 0.1) is 0 Å². The minimum absolute atomic E-state index is 0.306. The van der Waals surface area contributed by atoms with Gasteiger partial charge in [-0.05, 0) is 24.2 Å². The first kappa shape index (κ1) is 11.5. The van der Waals surface area contributed by atoms with Gasteiger partial charge in [0.05, 0.1) is 5.52 Å². The summed E-state index contributed by atoms with van der Waals surface area (Å²) >= 11 is 3.43. The van der Waals surface area contributed by atoms with E-state index in [2.05, 4.69) is 25.8 Å². The second-order valence-electron chi connectivity index (χ2n) is 4.45. The van der Waals surface area contributed by atoms with E-state index < -0.39 is 11.1 Å². The molecular weight excluding hydrogens is 302 g/mol. The zero-order valence-electron chi connectivity index (χ0n) is 9.53. The number of aromatic nitrogens is 2. The fourth-order valence-electron chi connectivity index (χ4n) is 2.35. The Kier molecular flexibility index (Phi) is 2.36. The first-order valence-corrected chi connectivity index (χ1v) is 6.15. The molecule has 0 saturated carbocycles. The Labute approximate surface area is 110 Å². The molecule has 0 atom stereocenters. The molecule has 1 aliphatic heterocycles. The van der Waals surface area contributed by atoms with E-state index in [0.717, 1.165) is 22.1 Å². The van der Waals surface area contributed by atoms with Crippen LogP contribution in [0.1, 0.15) is 11.1 Å². The summed E-state index contributed by atoms with van der Waals surface area (Å²) < 4.78 is 1.22. The van der Waals surface area contributed by atoms with Crippen molar-refractivity contribution in [2.45, 2.75) is 13.1 Å². The van der Waals surface area contributed by atoms with Crippen LogP contribution in [-0.4, -0.2) is 26.9 Å². The van der Waals surface area contributed by atoms with Gasteiger partial charge in [-0.1, -0.05) is 15.9 Å². The largest absolute Gasteiger partial charge is 0.425 e. The summed E-state index contributed by atoms with van der Waals surface area (Å²) in [5.74, 6) is 0. The number of benzene rings is 1. The highest BCUT2D eigenvalue weighted by Gasteiger charge is 2.23. The van der Waals surface area contributed by atoms with E-state index in [1.807, 2.05) is 7.05 Å². The number of aromatic amines is 1. The van der Waals surface area contributed by atoms with Gasteiger partial charge in [-0.25, -0.2) is 0 Å². The summed E-state index contributed by atoms with van der Waals surface area (Å²) in [7, 11) is 1.96. The van der Waals surface area contributed by atoms with E-state index in [1.165, 1.54) is 0 Å². The lowest BCUT2D eigenvalue weighted by atomic mass is 10.1. The second-order valence-corrected chi connectivity index (χ2v) is 5.31. The predicted molar refractivity (Wildman–Crippen MR) is 68.9 cm³/mol. The normalized spacial score (nSPS) is 15.2. The number of rotatable bonds is 0. The average Bonchev–Trinajstić information content (AvgIpc) is 2.71. The average molecular weight is 312 g/mol. The molecule has 0 unspecified atom stereocenters. The molecule has 0 amide bonds. The highest BCUT2D eigenvalue weighted by molar-refractivity contribution is 9.10. The van der Waals surface area contributed by atoms with Gasteiger partial charge in [0.25, 0.3) is 0 Å². The summed E-state index contributed by atoms with van der Waals surface area (Å²) in [5, 5.41) is 9.71. The number of hydrogen-bond donors (Lipinski definition) is 2. The van der Waals surface area contributed by atoms with Crippen molar-refractivity contribution in [2.75, 3.05) is 7.05 Å². The number of fused-ring (bicyclic) bond motifs is 3. The third kappa shape index (κ3) is 1.44. The van der Waals surface area contributed by atoms with Crippen molar-refractivity contribution in [3.05, 3.63) is 42.4 Å². The molecule has 0 radical (unpaired) electrons. The summed E-state index contributed by atoms with van der Waals surface area (Å²) in [6.45, 7) is 1.43. The van der Waals surface area contributed by atoms with E-state index in [4.69, 9.17) is 0 Å². The van der Waals surface area contributed by atoms with Crippen LogP contribution in [0.25, 0.3) is 11.0 Å². The highest BCUT2D eigenvalue weighted by Crippen LogP contribution is 2.33. The van der Waals surface area contributed by atoms with Gasteiger partial charge in [0, 0.05) is 17.6 Å². The predicted octanol–water partition coefficient (Wildman–Crippen LogP) is 0.635. The third-order valence-corrected chi connectivity index (χ3v) is 3.89. The molecule has 0 fully saturated rings. The van der Waals surface area contributed by atoms with Crippen molar-refractivity contribution in [1.29, 1.82) is 0 Å². The van der Waals surface area contributed by atoms with E-state index in [-0.39, 0.29) is 0 Å². The Morgan fingerprint density at radius 3 is 2.72 bits per heavy atom. The number of H-pyrrole nitrogens is 1. The van der Waals surface area contributed by atoms with Crippen molar-refractivity contribution in [3.63, 3.8) is 0 Å². The Hall–Kier alpha value is -1.60. The van der Waals surface area contributed by atoms with Gasteiger partial charge in [-0.3, -0.25) is 14.5 Å². The van der Waals surface area contributed by atoms with Crippen molar-refractivity contribution >= 4 is 27.0 Å². The van der Waals surface area contributed by atoms with E-state index >= 15 is 0 Å². The van der Waals surface area contributed by atoms with Crippen LogP contribution in [0.2, 0.25) is 0 Å². The smallest absolute Gasteiger partial charge is 0.348 e. The number of nitrogens with one attached hydrogen (secondary N) is 1. The third-order valence-electron chi connectivity index (χ3n) is 3.18. The highest BCUT2D eigenvalue weighted by atomic mass is 79.9. The topological polar surface area (TPSA) is 78.3 Å². The molecular formula is C11H10BrN3O3. The lowest BCUT2D eigenvalue weighted by Crippen LogP contribution is -2.35. The van der Waals surface area contributed by atoms with Gasteiger partial charge in [0.2, 0.25) is 0 Å². The molecule has 3 rings (SSSR count). The zero-order valence-corrected chi connectivity index (χ0v) is 11.1. The zero-order chi connectivity index (χ0) is 13.0. The minimum atomic E-state index is -0.972. The summed E-state index contributed by atoms with van der Waals surface area (Å²) in [6.07, 6.45) is 0. The SMILES string of the molecule is CN1Cc2c(Br)cc3c([nH]c(=O)c(=O)n3O)c2C1. The Morgan fingerprint density at radius 2 is 2.00 bits per heavy atom. The summed E-state index contributed by atoms with van der Waals surface area (Å²) in [6, 6.07) is 1.64. The Morgan fingerprint density at radius 1 is 1.33 bits per heavy atom. The molecule has 94 valence electrons. The molecule has 0 spiro atoms. The molecule has 0 aliphatic carbocycles. The monoisotopic (exact) mass is 311 g/mol. The Bertz CT molecular complexity index is 778. The maximum Gasteiger partial charge on any atom is 0.348 e. The standard InChI is InChI=1S/C11H10BrN3O3/c1-14-3-5-6(4-14)9-8(2-7(5)12)15(18)11(17)10(16)13-9/h2,18H,3-4H2,1H3,(H,13,16). The van der Waals surface area contributed by atoms with Crippen molar-refractivity contribution < 1.29 is 5.21 Å². The molecule has 2 N–H and O–H groups in total. The first-order valence-electron chi connectivity index (χ1n) is 5.36. The van der Waals surface area contributed by atoms with Crippen LogP contribution in [-0.2, 0) is 13.1 Å². The van der Waals surface area contributed by atoms with Crippen LogP contribution < -0.4 is 11.1 Å². The quantitative estimate of drug-likeness (QED) is 0.553. The minimum Gasteiger partial charge on any atom is -0.425 e. The molecule has 1 aromatic carbocycles. The summed E-state index contributed by atoms with van der Waals surface area (Å²) in [5.41, 5.74) is 1.04. The van der Waals surface area contributed by atoms with Crippen LogP contribution in [0.5, 0.6) is 0 Å². The number of halogens is 1. The number of hydrogen-bond acceptors (Lipinski definition) is 4. The fraction of sp³-hybridized carbons (Fsp3) is 0.273. The fourth-order valence-corrected chi connectivity index (χ4v) is 2.93. The molecule has 18 heavy (non-hydrogen) atoms. The molecule has 2 aromatic rings. The van der Waals surface area contributed by atoms with Crippen LogP contribution in [0.15, 0.2) is 20.1 Å². The maximum atomic E-state index is 11.4. The molecule has 1 aromatic heterocycles. The van der Waals surface area contributed by atoms with Gasteiger partial charge in [-0.2, -0.15) is 0 Å².